The van der Waals surface area contributed by atoms with Crippen LogP contribution in [0.4, 0.5) is 0 Å². The molecule has 3 nitrogen and oxygen atoms in total. The molecule has 1 aromatic carbocycles. The lowest BCUT2D eigenvalue weighted by atomic mass is 9.97. The van der Waals surface area contributed by atoms with Crippen molar-refractivity contribution >= 4 is 26.0 Å². The summed E-state index contributed by atoms with van der Waals surface area (Å²) >= 11 is 3.27. The zero-order chi connectivity index (χ0) is 13.3. The van der Waals surface area contributed by atoms with Crippen molar-refractivity contribution in [3.63, 3.8) is 0 Å². The van der Waals surface area contributed by atoms with Gasteiger partial charge in [-0.15, -0.1) is 0 Å². The number of sulfonamides is 1. The van der Waals surface area contributed by atoms with E-state index in [4.69, 9.17) is 0 Å². The molecular formula is C12H18BrNO2S. The summed E-state index contributed by atoms with van der Waals surface area (Å²) in [5.74, 6) is 0. The molecule has 0 unspecified atom stereocenters. The summed E-state index contributed by atoms with van der Waals surface area (Å²) in [6, 6.07) is 6.87. The standard InChI is InChI=1S/C12H18BrNO2S/c1-12(2,3)9-14(4)17(15,16)11-8-6-5-7-10(11)13/h5-8H,9H2,1-4H3. The Labute approximate surface area is 112 Å². The van der Waals surface area contributed by atoms with Gasteiger partial charge in [0, 0.05) is 18.1 Å². The first-order chi connectivity index (χ1) is 7.64. The van der Waals surface area contributed by atoms with Crippen molar-refractivity contribution in [2.75, 3.05) is 13.6 Å². The van der Waals surface area contributed by atoms with Crippen molar-refractivity contribution in [2.24, 2.45) is 5.41 Å². The molecule has 5 heteroatoms. The van der Waals surface area contributed by atoms with E-state index in [2.05, 4.69) is 15.9 Å². The number of nitrogens with zero attached hydrogens (tertiary/aromatic N) is 1. The van der Waals surface area contributed by atoms with Crippen molar-refractivity contribution < 1.29 is 8.42 Å². The van der Waals surface area contributed by atoms with Crippen LogP contribution in [0.5, 0.6) is 0 Å². The molecular weight excluding hydrogens is 302 g/mol. The van der Waals surface area contributed by atoms with E-state index in [1.807, 2.05) is 20.8 Å². The van der Waals surface area contributed by atoms with E-state index in [1.165, 1.54) is 4.31 Å². The van der Waals surface area contributed by atoms with Crippen LogP contribution in [-0.2, 0) is 10.0 Å². The van der Waals surface area contributed by atoms with Gasteiger partial charge in [0.05, 0.1) is 4.90 Å². The number of halogens is 1. The van der Waals surface area contributed by atoms with Crippen molar-refractivity contribution in [1.29, 1.82) is 0 Å². The normalized spacial score (nSPS) is 13.1. The van der Waals surface area contributed by atoms with E-state index in [0.717, 1.165) is 0 Å². The molecule has 17 heavy (non-hydrogen) atoms. The second kappa shape index (κ2) is 5.08. The molecule has 0 aliphatic heterocycles. The third kappa shape index (κ3) is 3.79. The monoisotopic (exact) mass is 319 g/mol. The van der Waals surface area contributed by atoms with Gasteiger partial charge in [-0.3, -0.25) is 0 Å². The first-order valence-electron chi connectivity index (χ1n) is 5.35. The number of rotatable bonds is 3. The van der Waals surface area contributed by atoms with Crippen molar-refractivity contribution in [3.8, 4) is 0 Å². The van der Waals surface area contributed by atoms with Gasteiger partial charge in [0.2, 0.25) is 10.0 Å². The van der Waals surface area contributed by atoms with E-state index in [1.54, 1.807) is 31.3 Å². The molecule has 0 amide bonds. The first-order valence-corrected chi connectivity index (χ1v) is 7.59. The van der Waals surface area contributed by atoms with Crippen LogP contribution in [0, 0.1) is 5.41 Å². The molecule has 0 aliphatic carbocycles. The minimum Gasteiger partial charge on any atom is -0.207 e. The highest BCUT2D eigenvalue weighted by molar-refractivity contribution is 9.10. The van der Waals surface area contributed by atoms with E-state index >= 15 is 0 Å². The lowest BCUT2D eigenvalue weighted by Crippen LogP contribution is -2.34. The van der Waals surface area contributed by atoms with E-state index < -0.39 is 10.0 Å². The van der Waals surface area contributed by atoms with E-state index in [0.29, 0.717) is 15.9 Å². The second-order valence-corrected chi connectivity index (χ2v) is 8.12. The molecule has 0 aromatic heterocycles. The van der Waals surface area contributed by atoms with Crippen molar-refractivity contribution in [3.05, 3.63) is 28.7 Å². The molecule has 0 saturated carbocycles. The van der Waals surface area contributed by atoms with Crippen LogP contribution in [0.1, 0.15) is 20.8 Å². The lowest BCUT2D eigenvalue weighted by Gasteiger charge is -2.26. The van der Waals surface area contributed by atoms with Gasteiger partial charge in [-0.05, 0) is 33.5 Å². The third-order valence-corrected chi connectivity index (χ3v) is 5.04. The smallest absolute Gasteiger partial charge is 0.207 e. The molecule has 0 atom stereocenters. The molecule has 0 spiro atoms. The van der Waals surface area contributed by atoms with Crippen LogP contribution in [0.25, 0.3) is 0 Å². The van der Waals surface area contributed by atoms with E-state index in [9.17, 15) is 8.42 Å². The third-order valence-electron chi connectivity index (χ3n) is 2.22. The zero-order valence-electron chi connectivity index (χ0n) is 10.6. The van der Waals surface area contributed by atoms with Crippen molar-refractivity contribution in [2.45, 2.75) is 25.7 Å². The maximum atomic E-state index is 12.3. The van der Waals surface area contributed by atoms with E-state index in [-0.39, 0.29) is 5.41 Å². The van der Waals surface area contributed by atoms with Crippen LogP contribution < -0.4 is 0 Å². The summed E-state index contributed by atoms with van der Waals surface area (Å²) in [6.07, 6.45) is 0. The fraction of sp³-hybridized carbons (Fsp3) is 0.500. The Bertz CT molecular complexity index is 491. The molecule has 0 heterocycles. The highest BCUT2D eigenvalue weighted by Crippen LogP contribution is 2.26. The van der Waals surface area contributed by atoms with Gasteiger partial charge in [0.25, 0.3) is 0 Å². The number of benzene rings is 1. The highest BCUT2D eigenvalue weighted by atomic mass is 79.9. The zero-order valence-corrected chi connectivity index (χ0v) is 13.0. The molecule has 1 aromatic rings. The minimum atomic E-state index is -3.42. The summed E-state index contributed by atoms with van der Waals surface area (Å²) in [7, 11) is -1.81. The van der Waals surface area contributed by atoms with Crippen LogP contribution in [0.15, 0.2) is 33.6 Å². The van der Waals surface area contributed by atoms with Crippen LogP contribution in [0.3, 0.4) is 0 Å². The fourth-order valence-corrected chi connectivity index (χ4v) is 3.93. The molecule has 96 valence electrons. The lowest BCUT2D eigenvalue weighted by molar-refractivity contribution is 0.310. The Morgan fingerprint density at radius 1 is 1.24 bits per heavy atom. The first kappa shape index (κ1) is 14.7. The van der Waals surface area contributed by atoms with Gasteiger partial charge in [0.15, 0.2) is 0 Å². The largest absolute Gasteiger partial charge is 0.243 e. The van der Waals surface area contributed by atoms with Gasteiger partial charge in [0.1, 0.15) is 0 Å². The SMILES string of the molecule is CN(CC(C)(C)C)S(=O)(=O)c1ccccc1Br. The maximum Gasteiger partial charge on any atom is 0.243 e. The van der Waals surface area contributed by atoms with Crippen LogP contribution >= 0.6 is 15.9 Å². The number of hydrogen-bond donors (Lipinski definition) is 0. The molecule has 0 bridgehead atoms. The fourth-order valence-electron chi connectivity index (χ4n) is 1.57. The Balaban J connectivity index is 3.09. The Morgan fingerprint density at radius 3 is 2.24 bits per heavy atom. The summed E-state index contributed by atoms with van der Waals surface area (Å²) in [6.45, 7) is 6.52. The summed E-state index contributed by atoms with van der Waals surface area (Å²) in [5.41, 5.74) is -0.0664. The van der Waals surface area contributed by atoms with Crippen LogP contribution in [-0.4, -0.2) is 26.3 Å². The van der Waals surface area contributed by atoms with Gasteiger partial charge >= 0.3 is 0 Å². The second-order valence-electron chi connectivity index (χ2n) is 5.25. The highest BCUT2D eigenvalue weighted by Gasteiger charge is 2.26. The van der Waals surface area contributed by atoms with Gasteiger partial charge in [-0.2, -0.15) is 0 Å². The molecule has 0 aliphatic rings. The predicted octanol–water partition coefficient (Wildman–Crippen LogP) is 3.12. The molecule has 0 fully saturated rings. The van der Waals surface area contributed by atoms with Gasteiger partial charge in [-0.25, -0.2) is 12.7 Å². The quantitative estimate of drug-likeness (QED) is 0.858. The molecule has 0 radical (unpaired) electrons. The van der Waals surface area contributed by atoms with Crippen molar-refractivity contribution in [1.82, 2.24) is 4.31 Å². The molecule has 0 N–H and O–H groups in total. The average Bonchev–Trinajstić information content (AvgIpc) is 2.15. The Hall–Kier alpha value is -0.390. The Morgan fingerprint density at radius 2 is 1.76 bits per heavy atom. The summed E-state index contributed by atoms with van der Waals surface area (Å²) in [4.78, 5) is 0.312. The predicted molar refractivity (Wildman–Crippen MR) is 73.4 cm³/mol. The van der Waals surface area contributed by atoms with Crippen LogP contribution in [0.2, 0.25) is 0 Å². The number of hydrogen-bond acceptors (Lipinski definition) is 2. The average molecular weight is 320 g/mol. The summed E-state index contributed by atoms with van der Waals surface area (Å²) < 4.78 is 26.6. The molecule has 1 rings (SSSR count). The van der Waals surface area contributed by atoms with Gasteiger partial charge < -0.3 is 0 Å². The Kier molecular flexibility index (Phi) is 4.38. The minimum absolute atomic E-state index is 0.0664. The summed E-state index contributed by atoms with van der Waals surface area (Å²) in [5, 5.41) is 0. The maximum absolute atomic E-state index is 12.3. The topological polar surface area (TPSA) is 37.4 Å². The van der Waals surface area contributed by atoms with Gasteiger partial charge in [-0.1, -0.05) is 32.9 Å². The molecule has 0 saturated heterocycles.